The standard InChI is InChI=1S/C23H27BrN4O6S2/c1-35(31,32)27-14-4-7-19(27)23(30)26-18-6-2-3-9-21(18)36(33,34)28-15-5-8-20(28)22(29)25-17-12-10-16(24)11-13-17/h2-3,6,9-13,19-20H,4-5,7-8,14-15H2,1H3,(H,25,29)(H,26,30)/t19-,20-/m0/s1. The Morgan fingerprint density at radius 3 is 2.03 bits per heavy atom. The van der Waals surface area contributed by atoms with Crippen molar-refractivity contribution in [2.75, 3.05) is 30.0 Å². The summed E-state index contributed by atoms with van der Waals surface area (Å²) in [5.41, 5.74) is 0.592. The molecule has 0 aromatic heterocycles. The summed E-state index contributed by atoms with van der Waals surface area (Å²) < 4.78 is 54.6. The molecular formula is C23H27BrN4O6S2. The smallest absolute Gasteiger partial charge is 0.245 e. The Labute approximate surface area is 219 Å². The SMILES string of the molecule is CS(=O)(=O)N1CCC[C@H]1C(=O)Nc1ccccc1S(=O)(=O)N1CCC[C@H]1C(=O)Nc1ccc(Br)cc1. The molecule has 0 bridgehead atoms. The van der Waals surface area contributed by atoms with Crippen molar-refractivity contribution in [3.8, 4) is 0 Å². The topological polar surface area (TPSA) is 133 Å². The number of anilines is 2. The Morgan fingerprint density at radius 2 is 1.39 bits per heavy atom. The third-order valence-corrected chi connectivity index (χ3v) is 10.1. The number of hydrogen-bond acceptors (Lipinski definition) is 6. The van der Waals surface area contributed by atoms with Gasteiger partial charge < -0.3 is 10.6 Å². The molecule has 13 heteroatoms. The van der Waals surface area contributed by atoms with Gasteiger partial charge in [0.25, 0.3) is 0 Å². The lowest BCUT2D eigenvalue weighted by Crippen LogP contribution is -2.44. The zero-order valence-corrected chi connectivity index (χ0v) is 22.8. The minimum absolute atomic E-state index is 0.0434. The van der Waals surface area contributed by atoms with E-state index < -0.39 is 43.9 Å². The van der Waals surface area contributed by atoms with Gasteiger partial charge in [0.15, 0.2) is 0 Å². The predicted molar refractivity (Wildman–Crippen MR) is 139 cm³/mol. The van der Waals surface area contributed by atoms with Crippen LogP contribution >= 0.6 is 15.9 Å². The number of benzene rings is 2. The Bertz CT molecular complexity index is 1370. The van der Waals surface area contributed by atoms with Crippen molar-refractivity contribution >= 4 is 59.2 Å². The predicted octanol–water partition coefficient (Wildman–Crippen LogP) is 2.60. The number of sulfonamides is 2. The van der Waals surface area contributed by atoms with Gasteiger partial charge in [-0.25, -0.2) is 16.8 Å². The van der Waals surface area contributed by atoms with Crippen molar-refractivity contribution in [1.82, 2.24) is 8.61 Å². The van der Waals surface area contributed by atoms with Gasteiger partial charge in [-0.15, -0.1) is 0 Å². The second-order valence-corrected chi connectivity index (χ2v) is 13.5. The van der Waals surface area contributed by atoms with Crippen LogP contribution in [-0.4, -0.2) is 68.7 Å². The largest absolute Gasteiger partial charge is 0.325 e. The molecule has 194 valence electrons. The van der Waals surface area contributed by atoms with E-state index in [1.165, 1.54) is 18.2 Å². The summed E-state index contributed by atoms with van der Waals surface area (Å²) in [5, 5.41) is 5.39. The summed E-state index contributed by atoms with van der Waals surface area (Å²) >= 11 is 3.33. The van der Waals surface area contributed by atoms with E-state index in [1.54, 1.807) is 30.3 Å². The molecule has 2 heterocycles. The van der Waals surface area contributed by atoms with Crippen molar-refractivity contribution in [1.29, 1.82) is 0 Å². The molecule has 2 saturated heterocycles. The summed E-state index contributed by atoms with van der Waals surface area (Å²) in [5.74, 6) is -1.03. The third-order valence-electron chi connectivity index (χ3n) is 6.28. The van der Waals surface area contributed by atoms with Gasteiger partial charge in [-0.3, -0.25) is 9.59 Å². The van der Waals surface area contributed by atoms with E-state index >= 15 is 0 Å². The maximum atomic E-state index is 13.7. The summed E-state index contributed by atoms with van der Waals surface area (Å²) in [4.78, 5) is 25.8. The van der Waals surface area contributed by atoms with Crippen LogP contribution in [0.1, 0.15) is 25.7 Å². The fraction of sp³-hybridized carbons (Fsp3) is 0.391. The number of rotatable bonds is 7. The number of halogens is 1. The van der Waals surface area contributed by atoms with Gasteiger partial charge in [-0.05, 0) is 62.1 Å². The van der Waals surface area contributed by atoms with Gasteiger partial charge in [0.1, 0.15) is 17.0 Å². The molecule has 2 N–H and O–H groups in total. The molecule has 36 heavy (non-hydrogen) atoms. The van der Waals surface area contributed by atoms with Gasteiger partial charge >= 0.3 is 0 Å². The lowest BCUT2D eigenvalue weighted by Gasteiger charge is -2.25. The van der Waals surface area contributed by atoms with Crippen molar-refractivity contribution in [3.05, 3.63) is 53.0 Å². The average Bonchev–Trinajstić information content (AvgIpc) is 3.51. The van der Waals surface area contributed by atoms with Crippen LogP contribution in [-0.2, 0) is 29.6 Å². The van der Waals surface area contributed by atoms with Crippen LogP contribution in [0.5, 0.6) is 0 Å². The fourth-order valence-electron chi connectivity index (χ4n) is 4.58. The molecule has 2 aliphatic rings. The van der Waals surface area contributed by atoms with Gasteiger partial charge in [0.05, 0.1) is 11.9 Å². The van der Waals surface area contributed by atoms with E-state index in [2.05, 4.69) is 26.6 Å². The van der Waals surface area contributed by atoms with Crippen molar-refractivity contribution in [2.24, 2.45) is 0 Å². The molecule has 10 nitrogen and oxygen atoms in total. The van der Waals surface area contributed by atoms with Crippen molar-refractivity contribution in [3.63, 3.8) is 0 Å². The van der Waals surface area contributed by atoms with E-state index in [0.29, 0.717) is 31.4 Å². The van der Waals surface area contributed by atoms with E-state index in [1.807, 2.05) is 0 Å². The summed E-state index contributed by atoms with van der Waals surface area (Å²) in [6.45, 7) is 0.396. The Morgan fingerprint density at radius 1 is 0.833 bits per heavy atom. The summed E-state index contributed by atoms with van der Waals surface area (Å²) in [6, 6.07) is 11.1. The normalized spacial score (nSPS) is 21.4. The second kappa shape index (κ2) is 10.6. The number of carbonyl (C=O) groups is 2. The van der Waals surface area contributed by atoms with E-state index in [9.17, 15) is 26.4 Å². The Balaban J connectivity index is 1.56. The van der Waals surface area contributed by atoms with Crippen LogP contribution in [0.25, 0.3) is 0 Å². The van der Waals surface area contributed by atoms with Crippen LogP contribution in [0.4, 0.5) is 11.4 Å². The highest BCUT2D eigenvalue weighted by molar-refractivity contribution is 9.10. The third kappa shape index (κ3) is 5.65. The fourth-order valence-corrected chi connectivity index (χ4v) is 7.78. The van der Waals surface area contributed by atoms with Gasteiger partial charge in [0.2, 0.25) is 31.9 Å². The van der Waals surface area contributed by atoms with Gasteiger partial charge in [0, 0.05) is 23.2 Å². The molecule has 4 rings (SSSR count). The first-order valence-corrected chi connectivity index (χ1v) is 15.5. The average molecular weight is 600 g/mol. The molecule has 2 aliphatic heterocycles. The molecule has 0 saturated carbocycles. The number of carbonyl (C=O) groups excluding carboxylic acids is 2. The number of nitrogens with one attached hydrogen (secondary N) is 2. The summed E-state index contributed by atoms with van der Waals surface area (Å²) in [7, 11) is -7.74. The van der Waals surface area contributed by atoms with Gasteiger partial charge in [-0.2, -0.15) is 8.61 Å². The molecule has 0 aliphatic carbocycles. The van der Waals surface area contributed by atoms with E-state index in [-0.39, 0.29) is 23.7 Å². The van der Waals surface area contributed by atoms with Crippen LogP contribution in [0.2, 0.25) is 0 Å². The molecular weight excluding hydrogens is 572 g/mol. The number of para-hydroxylation sites is 1. The second-order valence-electron chi connectivity index (χ2n) is 8.79. The molecule has 2 atom stereocenters. The lowest BCUT2D eigenvalue weighted by molar-refractivity contribution is -0.119. The Hall–Kier alpha value is -2.32. The minimum Gasteiger partial charge on any atom is -0.325 e. The van der Waals surface area contributed by atoms with E-state index in [4.69, 9.17) is 0 Å². The lowest BCUT2D eigenvalue weighted by atomic mass is 10.2. The van der Waals surface area contributed by atoms with Crippen molar-refractivity contribution in [2.45, 2.75) is 42.7 Å². The van der Waals surface area contributed by atoms with Crippen LogP contribution in [0.3, 0.4) is 0 Å². The molecule has 2 fully saturated rings. The highest BCUT2D eigenvalue weighted by atomic mass is 79.9. The molecule has 2 amide bonds. The zero-order chi connectivity index (χ0) is 26.1. The highest BCUT2D eigenvalue weighted by Crippen LogP contribution is 2.32. The quantitative estimate of drug-likeness (QED) is 0.503. The number of amides is 2. The molecule has 0 spiro atoms. The maximum Gasteiger partial charge on any atom is 0.245 e. The number of nitrogens with zero attached hydrogens (tertiary/aromatic N) is 2. The maximum absolute atomic E-state index is 13.7. The van der Waals surface area contributed by atoms with Crippen molar-refractivity contribution < 1.29 is 26.4 Å². The van der Waals surface area contributed by atoms with Crippen LogP contribution in [0.15, 0.2) is 57.9 Å². The zero-order valence-electron chi connectivity index (χ0n) is 19.6. The molecule has 2 aromatic carbocycles. The summed E-state index contributed by atoms with van der Waals surface area (Å²) in [6.07, 6.45) is 2.80. The highest BCUT2D eigenvalue weighted by Gasteiger charge is 2.41. The monoisotopic (exact) mass is 598 g/mol. The molecule has 0 radical (unpaired) electrons. The van der Waals surface area contributed by atoms with Crippen LogP contribution < -0.4 is 10.6 Å². The molecule has 2 aromatic rings. The first-order valence-electron chi connectivity index (χ1n) is 11.4. The van der Waals surface area contributed by atoms with Crippen LogP contribution in [0, 0.1) is 0 Å². The molecule has 0 unspecified atom stereocenters. The van der Waals surface area contributed by atoms with Gasteiger partial charge in [-0.1, -0.05) is 28.1 Å². The first kappa shape index (κ1) is 26.7. The Kier molecular flexibility index (Phi) is 7.86. The minimum atomic E-state index is -4.16. The number of hydrogen-bond donors (Lipinski definition) is 2. The van der Waals surface area contributed by atoms with E-state index in [0.717, 1.165) is 19.3 Å². The first-order chi connectivity index (χ1) is 17.0.